The van der Waals surface area contributed by atoms with Crippen molar-refractivity contribution in [2.75, 3.05) is 52.5 Å². The summed E-state index contributed by atoms with van der Waals surface area (Å²) in [5.74, 6) is 1.59. The number of aliphatic imine (C=N–C) groups is 1. The molecule has 27 heavy (non-hydrogen) atoms. The maximum Gasteiger partial charge on any atom is 0.194 e. The fraction of sp³-hybridized carbons (Fsp3) is 0.778. The molecule has 9 heteroatoms. The van der Waals surface area contributed by atoms with E-state index in [0.29, 0.717) is 13.2 Å². The lowest BCUT2D eigenvalue weighted by Gasteiger charge is -2.36. The Morgan fingerprint density at radius 3 is 2.81 bits per heavy atom. The highest BCUT2D eigenvalue weighted by atomic mass is 127. The van der Waals surface area contributed by atoms with Crippen molar-refractivity contribution in [3.05, 3.63) is 18.0 Å². The van der Waals surface area contributed by atoms with Gasteiger partial charge in [-0.3, -0.25) is 9.89 Å². The standard InChI is InChI=1S/C18H31N5O3.HI/c1-2-19-18(20-11-17(24)14-25-13-15-3-4-15)23-8-6-22(7-9-23)12-16-5-10-26-21-16;/h5,10,15,17,24H,2-4,6-9,11-14H2,1H3,(H,19,20);1H. The van der Waals surface area contributed by atoms with Crippen LogP contribution in [0.4, 0.5) is 0 Å². The SMILES string of the molecule is CCNC(=NCC(O)COCC1CC1)N1CCN(Cc2ccon2)CC1.I. The van der Waals surface area contributed by atoms with Gasteiger partial charge in [-0.25, -0.2) is 0 Å². The van der Waals surface area contributed by atoms with Crippen LogP contribution >= 0.6 is 24.0 Å². The minimum atomic E-state index is -0.545. The first-order valence-corrected chi connectivity index (χ1v) is 9.65. The van der Waals surface area contributed by atoms with E-state index >= 15 is 0 Å². The average molecular weight is 493 g/mol. The van der Waals surface area contributed by atoms with Crippen LogP contribution in [0.15, 0.2) is 21.8 Å². The van der Waals surface area contributed by atoms with E-state index in [1.54, 1.807) is 6.26 Å². The summed E-state index contributed by atoms with van der Waals surface area (Å²) in [5, 5.41) is 17.4. The fourth-order valence-electron chi connectivity index (χ4n) is 2.99. The Hall–Kier alpha value is -0.910. The molecule has 1 saturated carbocycles. The number of hydrogen-bond donors (Lipinski definition) is 2. The van der Waals surface area contributed by atoms with Crippen molar-refractivity contribution in [3.63, 3.8) is 0 Å². The molecule has 2 aliphatic rings. The highest BCUT2D eigenvalue weighted by molar-refractivity contribution is 14.0. The van der Waals surface area contributed by atoms with Crippen molar-refractivity contribution in [1.29, 1.82) is 0 Å². The van der Waals surface area contributed by atoms with Crippen molar-refractivity contribution in [2.45, 2.75) is 32.4 Å². The number of hydrogen-bond acceptors (Lipinski definition) is 6. The van der Waals surface area contributed by atoms with Gasteiger partial charge in [0.05, 0.1) is 24.9 Å². The molecule has 1 aromatic rings. The lowest BCUT2D eigenvalue weighted by molar-refractivity contribution is 0.0367. The van der Waals surface area contributed by atoms with Crippen molar-refractivity contribution in [2.24, 2.45) is 10.9 Å². The van der Waals surface area contributed by atoms with E-state index in [9.17, 15) is 5.11 Å². The van der Waals surface area contributed by atoms with Crippen LogP contribution in [-0.2, 0) is 11.3 Å². The first-order chi connectivity index (χ1) is 12.7. The van der Waals surface area contributed by atoms with Crippen molar-refractivity contribution in [1.82, 2.24) is 20.3 Å². The van der Waals surface area contributed by atoms with E-state index < -0.39 is 6.10 Å². The van der Waals surface area contributed by atoms with Crippen LogP contribution in [0.5, 0.6) is 0 Å². The monoisotopic (exact) mass is 493 g/mol. The molecule has 1 aromatic heterocycles. The molecule has 1 unspecified atom stereocenters. The van der Waals surface area contributed by atoms with Crippen LogP contribution in [0.2, 0.25) is 0 Å². The van der Waals surface area contributed by atoms with Gasteiger partial charge in [0, 0.05) is 51.9 Å². The van der Waals surface area contributed by atoms with Gasteiger partial charge in [-0.1, -0.05) is 5.16 Å². The van der Waals surface area contributed by atoms with E-state index in [-0.39, 0.29) is 24.0 Å². The topological polar surface area (TPSA) is 86.4 Å². The third kappa shape index (κ3) is 7.92. The molecule has 154 valence electrons. The number of ether oxygens (including phenoxy) is 1. The van der Waals surface area contributed by atoms with Gasteiger partial charge < -0.3 is 24.6 Å². The molecule has 0 spiro atoms. The second kappa shape index (κ2) is 11.8. The number of guanidine groups is 1. The molecule has 1 atom stereocenters. The van der Waals surface area contributed by atoms with Crippen molar-refractivity contribution < 1.29 is 14.4 Å². The van der Waals surface area contributed by atoms with Gasteiger partial charge in [-0.05, 0) is 25.7 Å². The quantitative estimate of drug-likeness (QED) is 0.304. The normalized spacial score (nSPS) is 19.6. The highest BCUT2D eigenvalue weighted by Crippen LogP contribution is 2.28. The molecular formula is C18H32IN5O3. The molecule has 2 heterocycles. The van der Waals surface area contributed by atoms with E-state index in [2.05, 4.69) is 32.2 Å². The summed E-state index contributed by atoms with van der Waals surface area (Å²) >= 11 is 0. The third-order valence-electron chi connectivity index (χ3n) is 4.70. The summed E-state index contributed by atoms with van der Waals surface area (Å²) in [7, 11) is 0. The van der Waals surface area contributed by atoms with Crippen LogP contribution in [0, 0.1) is 5.92 Å². The summed E-state index contributed by atoms with van der Waals surface area (Å²) in [4.78, 5) is 9.22. The molecule has 1 saturated heterocycles. The minimum absolute atomic E-state index is 0. The molecule has 0 bridgehead atoms. The Labute approximate surface area is 178 Å². The van der Waals surface area contributed by atoms with Crippen LogP contribution in [0.3, 0.4) is 0 Å². The summed E-state index contributed by atoms with van der Waals surface area (Å²) in [5.41, 5.74) is 0.966. The molecular weight excluding hydrogens is 461 g/mol. The van der Waals surface area contributed by atoms with Crippen LogP contribution in [0.25, 0.3) is 0 Å². The lowest BCUT2D eigenvalue weighted by atomic mass is 10.3. The molecule has 8 nitrogen and oxygen atoms in total. The predicted octanol–water partition coefficient (Wildman–Crippen LogP) is 1.16. The smallest absolute Gasteiger partial charge is 0.194 e. The fourth-order valence-corrected chi connectivity index (χ4v) is 2.99. The van der Waals surface area contributed by atoms with E-state index in [4.69, 9.17) is 9.26 Å². The van der Waals surface area contributed by atoms with Gasteiger partial charge in [-0.2, -0.15) is 0 Å². The molecule has 1 aliphatic carbocycles. The zero-order valence-electron chi connectivity index (χ0n) is 16.0. The number of rotatable bonds is 9. The van der Waals surface area contributed by atoms with Gasteiger partial charge in [0.25, 0.3) is 0 Å². The largest absolute Gasteiger partial charge is 0.389 e. The number of aromatic nitrogens is 1. The van der Waals surface area contributed by atoms with Crippen LogP contribution in [-0.4, -0.2) is 84.6 Å². The summed E-state index contributed by atoms with van der Waals surface area (Å²) < 4.78 is 10.4. The zero-order valence-corrected chi connectivity index (χ0v) is 18.4. The van der Waals surface area contributed by atoms with Crippen LogP contribution < -0.4 is 5.32 Å². The molecule has 1 aliphatic heterocycles. The van der Waals surface area contributed by atoms with E-state index in [1.165, 1.54) is 12.8 Å². The Kier molecular flexibility index (Phi) is 9.80. The third-order valence-corrected chi connectivity index (χ3v) is 4.70. The Balaban J connectivity index is 0.00000261. The maximum atomic E-state index is 10.1. The second-order valence-electron chi connectivity index (χ2n) is 7.08. The second-order valence-corrected chi connectivity index (χ2v) is 7.08. The predicted molar refractivity (Wildman–Crippen MR) is 114 cm³/mol. The van der Waals surface area contributed by atoms with Gasteiger partial charge in [-0.15, -0.1) is 24.0 Å². The van der Waals surface area contributed by atoms with Gasteiger partial charge in [0.15, 0.2) is 5.96 Å². The maximum absolute atomic E-state index is 10.1. The van der Waals surface area contributed by atoms with Crippen molar-refractivity contribution >= 4 is 29.9 Å². The molecule has 2 N–H and O–H groups in total. The summed E-state index contributed by atoms with van der Waals surface area (Å²) in [6.07, 6.45) is 3.60. The Morgan fingerprint density at radius 2 is 2.19 bits per heavy atom. The van der Waals surface area contributed by atoms with Gasteiger partial charge in [0.2, 0.25) is 0 Å². The minimum Gasteiger partial charge on any atom is -0.389 e. The number of piperazine rings is 1. The van der Waals surface area contributed by atoms with Crippen LogP contribution in [0.1, 0.15) is 25.5 Å². The van der Waals surface area contributed by atoms with Gasteiger partial charge in [0.1, 0.15) is 6.26 Å². The summed E-state index contributed by atoms with van der Waals surface area (Å²) in [6, 6.07) is 1.91. The summed E-state index contributed by atoms with van der Waals surface area (Å²) in [6.45, 7) is 8.89. The number of aliphatic hydroxyl groups is 1. The lowest BCUT2D eigenvalue weighted by Crippen LogP contribution is -2.52. The molecule has 2 fully saturated rings. The number of nitrogens with one attached hydrogen (secondary N) is 1. The molecule has 3 rings (SSSR count). The molecule has 0 radical (unpaired) electrons. The van der Waals surface area contributed by atoms with Crippen molar-refractivity contribution in [3.8, 4) is 0 Å². The first kappa shape index (κ1) is 22.4. The Bertz CT molecular complexity index is 545. The zero-order chi connectivity index (χ0) is 18.2. The highest BCUT2D eigenvalue weighted by Gasteiger charge is 2.22. The Morgan fingerprint density at radius 1 is 1.41 bits per heavy atom. The van der Waals surface area contributed by atoms with E-state index in [0.717, 1.165) is 63.4 Å². The molecule has 0 amide bonds. The average Bonchev–Trinajstić information content (AvgIpc) is 3.33. The van der Waals surface area contributed by atoms with E-state index in [1.807, 2.05) is 6.07 Å². The van der Waals surface area contributed by atoms with Gasteiger partial charge >= 0.3 is 0 Å². The first-order valence-electron chi connectivity index (χ1n) is 9.65. The molecule has 0 aromatic carbocycles. The number of nitrogens with zero attached hydrogens (tertiary/aromatic N) is 4. The number of halogens is 1. The number of aliphatic hydroxyl groups excluding tert-OH is 1.